The number of halogens is 5. The number of hydrogen-bond donors (Lipinski definition) is 1. The van der Waals surface area contributed by atoms with Gasteiger partial charge in [0.05, 0.1) is 18.4 Å². The van der Waals surface area contributed by atoms with E-state index < -0.39 is 35.4 Å². The summed E-state index contributed by atoms with van der Waals surface area (Å²) in [4.78, 5) is 14.0. The zero-order valence-corrected chi connectivity index (χ0v) is 15.5. The van der Waals surface area contributed by atoms with E-state index in [4.69, 9.17) is 4.74 Å². The number of nitrogens with zero attached hydrogens (tertiary/aromatic N) is 1. The lowest BCUT2D eigenvalue weighted by Crippen LogP contribution is -2.47. The fraction of sp³-hybridized carbons (Fsp3) is 0.350. The van der Waals surface area contributed by atoms with Gasteiger partial charge in [-0.15, -0.1) is 0 Å². The van der Waals surface area contributed by atoms with Gasteiger partial charge >= 0.3 is 12.2 Å². The van der Waals surface area contributed by atoms with Gasteiger partial charge in [0.25, 0.3) is 0 Å². The molecular weight excluding hydrogens is 395 g/mol. The summed E-state index contributed by atoms with van der Waals surface area (Å²) < 4.78 is 74.0. The first kappa shape index (κ1) is 20.9. The first-order valence-electron chi connectivity index (χ1n) is 8.98. The van der Waals surface area contributed by atoms with E-state index >= 15 is 0 Å². The maximum atomic E-state index is 14.0. The number of anilines is 1. The fourth-order valence-corrected chi connectivity index (χ4v) is 3.36. The van der Waals surface area contributed by atoms with Gasteiger partial charge in [-0.05, 0) is 43.0 Å². The molecule has 2 aromatic carbocycles. The van der Waals surface area contributed by atoms with Crippen molar-refractivity contribution < 1.29 is 31.5 Å². The van der Waals surface area contributed by atoms with E-state index in [1.54, 1.807) is 23.5 Å². The molecular formula is C20H19F5N2O2. The second-order valence-electron chi connectivity index (χ2n) is 6.66. The molecule has 0 aromatic heterocycles. The molecule has 1 N–H and O–H groups in total. The number of ether oxygens (including phenoxy) is 1. The molecule has 1 atom stereocenters. The molecule has 4 nitrogen and oxygen atoms in total. The Morgan fingerprint density at radius 3 is 2.45 bits per heavy atom. The van der Waals surface area contributed by atoms with Crippen molar-refractivity contribution in [3.05, 3.63) is 59.2 Å². The molecule has 0 bridgehead atoms. The number of methoxy groups -OCH3 is 1. The molecule has 156 valence electrons. The van der Waals surface area contributed by atoms with Crippen LogP contribution in [0.3, 0.4) is 0 Å². The third-order valence-corrected chi connectivity index (χ3v) is 4.79. The summed E-state index contributed by atoms with van der Waals surface area (Å²) in [7, 11) is 1.43. The van der Waals surface area contributed by atoms with Crippen LogP contribution in [0.4, 0.5) is 32.4 Å². The molecule has 29 heavy (non-hydrogen) atoms. The van der Waals surface area contributed by atoms with E-state index in [2.05, 4.69) is 0 Å². The van der Waals surface area contributed by atoms with Crippen LogP contribution in [0.2, 0.25) is 0 Å². The molecule has 0 radical (unpaired) electrons. The zero-order chi connectivity index (χ0) is 21.2. The molecule has 2 aromatic rings. The Morgan fingerprint density at radius 2 is 1.83 bits per heavy atom. The van der Waals surface area contributed by atoms with Gasteiger partial charge in [-0.1, -0.05) is 12.1 Å². The number of urea groups is 1. The van der Waals surface area contributed by atoms with Gasteiger partial charge in [0, 0.05) is 12.6 Å². The summed E-state index contributed by atoms with van der Waals surface area (Å²) in [6.45, 7) is 0.163. The first-order chi connectivity index (χ1) is 13.7. The van der Waals surface area contributed by atoms with Crippen molar-refractivity contribution in [1.29, 1.82) is 0 Å². The number of rotatable bonds is 3. The van der Waals surface area contributed by atoms with Gasteiger partial charge in [-0.25, -0.2) is 13.6 Å². The van der Waals surface area contributed by atoms with Crippen LogP contribution in [0.25, 0.3) is 0 Å². The largest absolute Gasteiger partial charge is 0.497 e. The summed E-state index contributed by atoms with van der Waals surface area (Å²) in [5.41, 5.74) is -0.0533. The van der Waals surface area contributed by atoms with Gasteiger partial charge in [-0.2, -0.15) is 13.2 Å². The maximum absolute atomic E-state index is 14.0. The number of hydrogen-bond acceptors (Lipinski definition) is 2. The normalized spacial score (nSPS) is 15.3. The SMILES string of the molecule is COc1ccc2c(c1)N(C(=O)NC(c1c(F)cccc1F)C(F)(F)F)CCCC2. The van der Waals surface area contributed by atoms with Crippen molar-refractivity contribution in [3.8, 4) is 5.75 Å². The Kier molecular flexibility index (Phi) is 5.95. The topological polar surface area (TPSA) is 41.6 Å². The smallest absolute Gasteiger partial charge is 0.413 e. The van der Waals surface area contributed by atoms with Crippen molar-refractivity contribution in [2.75, 3.05) is 18.6 Å². The van der Waals surface area contributed by atoms with Gasteiger partial charge in [0.1, 0.15) is 17.4 Å². The minimum absolute atomic E-state index is 0.163. The number of carbonyl (C=O) groups is 1. The summed E-state index contributed by atoms with van der Waals surface area (Å²) in [6, 6.07) is 3.49. The van der Waals surface area contributed by atoms with Crippen LogP contribution >= 0.6 is 0 Å². The molecule has 0 fully saturated rings. The van der Waals surface area contributed by atoms with Crippen LogP contribution in [0.5, 0.6) is 5.75 Å². The highest BCUT2D eigenvalue weighted by Gasteiger charge is 2.45. The first-order valence-corrected chi connectivity index (χ1v) is 8.98. The quantitative estimate of drug-likeness (QED) is 0.708. The van der Waals surface area contributed by atoms with Crippen LogP contribution in [0.15, 0.2) is 36.4 Å². The van der Waals surface area contributed by atoms with Gasteiger partial charge in [0.2, 0.25) is 0 Å². The fourth-order valence-electron chi connectivity index (χ4n) is 3.36. The number of carbonyl (C=O) groups excluding carboxylic acids is 1. The molecule has 1 aliphatic heterocycles. The van der Waals surface area contributed by atoms with E-state index in [9.17, 15) is 26.7 Å². The number of fused-ring (bicyclic) bond motifs is 1. The van der Waals surface area contributed by atoms with Crippen LogP contribution < -0.4 is 15.0 Å². The maximum Gasteiger partial charge on any atom is 0.413 e. The lowest BCUT2D eigenvalue weighted by atomic mass is 10.0. The molecule has 0 saturated carbocycles. The number of nitrogens with one attached hydrogen (secondary N) is 1. The van der Waals surface area contributed by atoms with E-state index in [1.165, 1.54) is 7.11 Å². The van der Waals surface area contributed by atoms with E-state index in [-0.39, 0.29) is 6.54 Å². The average Bonchev–Trinajstić information content (AvgIpc) is 2.87. The molecule has 0 saturated heterocycles. The highest BCUT2D eigenvalue weighted by molar-refractivity contribution is 5.93. The average molecular weight is 414 g/mol. The van der Waals surface area contributed by atoms with Crippen LogP contribution in [-0.4, -0.2) is 25.9 Å². The number of aryl methyl sites for hydroxylation is 1. The van der Waals surface area contributed by atoms with Gasteiger partial charge < -0.3 is 10.1 Å². The predicted molar refractivity (Wildman–Crippen MR) is 97.0 cm³/mol. The molecule has 2 amide bonds. The van der Waals surface area contributed by atoms with Gasteiger partial charge in [-0.3, -0.25) is 4.90 Å². The zero-order valence-electron chi connectivity index (χ0n) is 15.5. The lowest BCUT2D eigenvalue weighted by Gasteiger charge is -2.28. The third kappa shape index (κ3) is 4.44. The summed E-state index contributed by atoms with van der Waals surface area (Å²) >= 11 is 0. The van der Waals surface area contributed by atoms with Crippen molar-refractivity contribution in [3.63, 3.8) is 0 Å². The third-order valence-electron chi connectivity index (χ3n) is 4.79. The number of amides is 2. The molecule has 3 rings (SSSR count). The van der Waals surface area contributed by atoms with E-state index in [0.717, 1.165) is 35.1 Å². The Morgan fingerprint density at radius 1 is 1.14 bits per heavy atom. The van der Waals surface area contributed by atoms with Crippen molar-refractivity contribution in [2.24, 2.45) is 0 Å². The highest BCUT2D eigenvalue weighted by Crippen LogP contribution is 2.36. The Hall–Kier alpha value is -2.84. The van der Waals surface area contributed by atoms with Gasteiger partial charge in [0.15, 0.2) is 6.04 Å². The van der Waals surface area contributed by atoms with Crippen LogP contribution in [0, 0.1) is 11.6 Å². The lowest BCUT2D eigenvalue weighted by molar-refractivity contribution is -0.156. The standard InChI is InChI=1S/C20H19F5N2O2/c1-29-13-9-8-12-5-2-3-10-27(16(12)11-13)19(28)26-18(20(23,24)25)17-14(21)6-4-7-15(17)22/h4,6-9,11,18H,2-3,5,10H2,1H3,(H,26,28). The summed E-state index contributed by atoms with van der Waals surface area (Å²) in [6.07, 6.45) is -3.14. The Bertz CT molecular complexity index is 881. The van der Waals surface area contributed by atoms with Crippen LogP contribution in [0.1, 0.15) is 30.0 Å². The minimum Gasteiger partial charge on any atom is -0.497 e. The number of benzene rings is 2. The van der Waals surface area contributed by atoms with Crippen molar-refractivity contribution in [2.45, 2.75) is 31.5 Å². The van der Waals surface area contributed by atoms with Crippen LogP contribution in [-0.2, 0) is 6.42 Å². The predicted octanol–water partition coefficient (Wildman–Crippen LogP) is 5.13. The Labute approximate surface area is 164 Å². The summed E-state index contributed by atoms with van der Waals surface area (Å²) in [5.74, 6) is -2.33. The molecule has 1 heterocycles. The van der Waals surface area contributed by atoms with E-state index in [0.29, 0.717) is 24.3 Å². The minimum atomic E-state index is -5.10. The second kappa shape index (κ2) is 8.26. The molecule has 1 unspecified atom stereocenters. The van der Waals surface area contributed by atoms with E-state index in [1.807, 2.05) is 0 Å². The Balaban J connectivity index is 1.97. The molecule has 1 aliphatic rings. The molecule has 0 aliphatic carbocycles. The summed E-state index contributed by atoms with van der Waals surface area (Å²) in [5, 5.41) is 1.77. The number of alkyl halides is 3. The molecule has 9 heteroatoms. The van der Waals surface area contributed by atoms with Crippen molar-refractivity contribution >= 4 is 11.7 Å². The highest BCUT2D eigenvalue weighted by atomic mass is 19.4. The second-order valence-corrected chi connectivity index (χ2v) is 6.66. The molecule has 0 spiro atoms. The van der Waals surface area contributed by atoms with Crippen molar-refractivity contribution in [1.82, 2.24) is 5.32 Å². The monoisotopic (exact) mass is 414 g/mol.